The first kappa shape index (κ1) is 19.9. The molecular formula is C20H23N5O2S. The number of benzene rings is 2. The number of ether oxygens (including phenoxy) is 1. The van der Waals surface area contributed by atoms with Crippen molar-refractivity contribution in [3.8, 4) is 11.4 Å². The molecule has 0 spiro atoms. The minimum atomic E-state index is 0.0225. The molecule has 0 N–H and O–H groups in total. The van der Waals surface area contributed by atoms with E-state index in [-0.39, 0.29) is 11.7 Å². The highest BCUT2D eigenvalue weighted by Gasteiger charge is 2.15. The summed E-state index contributed by atoms with van der Waals surface area (Å²) >= 11 is 1.32. The van der Waals surface area contributed by atoms with Gasteiger partial charge in [-0.25, -0.2) is 0 Å². The molecule has 146 valence electrons. The molecular weight excluding hydrogens is 374 g/mol. The molecule has 3 aromatic rings. The lowest BCUT2D eigenvalue weighted by Gasteiger charge is -2.18. The fourth-order valence-electron chi connectivity index (χ4n) is 2.76. The van der Waals surface area contributed by atoms with Gasteiger partial charge in [-0.2, -0.15) is 4.68 Å². The highest BCUT2D eigenvalue weighted by molar-refractivity contribution is 7.99. The van der Waals surface area contributed by atoms with Crippen LogP contribution in [-0.4, -0.2) is 50.9 Å². The zero-order valence-electron chi connectivity index (χ0n) is 16.4. The Morgan fingerprint density at radius 1 is 1.18 bits per heavy atom. The number of methoxy groups -OCH3 is 1. The van der Waals surface area contributed by atoms with Crippen molar-refractivity contribution in [3.63, 3.8) is 0 Å². The van der Waals surface area contributed by atoms with Crippen molar-refractivity contribution in [1.82, 2.24) is 25.1 Å². The number of nitrogens with zero attached hydrogens (tertiary/aromatic N) is 5. The lowest BCUT2D eigenvalue weighted by atomic mass is 10.1. The average Bonchev–Trinajstić information content (AvgIpc) is 3.16. The predicted octanol–water partition coefficient (Wildman–Crippen LogP) is 3.04. The van der Waals surface area contributed by atoms with E-state index in [1.54, 1.807) is 16.7 Å². The van der Waals surface area contributed by atoms with Gasteiger partial charge in [0.15, 0.2) is 0 Å². The molecule has 0 aliphatic heterocycles. The van der Waals surface area contributed by atoms with Crippen molar-refractivity contribution in [1.29, 1.82) is 0 Å². The normalized spacial score (nSPS) is 10.7. The highest BCUT2D eigenvalue weighted by atomic mass is 32.2. The molecule has 1 aromatic heterocycles. The molecule has 7 nitrogen and oxygen atoms in total. The Hall–Kier alpha value is -2.87. The van der Waals surface area contributed by atoms with E-state index in [0.717, 1.165) is 17.0 Å². The van der Waals surface area contributed by atoms with Gasteiger partial charge in [0.25, 0.3) is 0 Å². The summed E-state index contributed by atoms with van der Waals surface area (Å²) in [6, 6.07) is 13.7. The highest BCUT2D eigenvalue weighted by Crippen LogP contribution is 2.21. The molecule has 28 heavy (non-hydrogen) atoms. The van der Waals surface area contributed by atoms with Crippen LogP contribution in [0.3, 0.4) is 0 Å². The Labute approximate surface area is 168 Å². The quantitative estimate of drug-likeness (QED) is 0.571. The minimum absolute atomic E-state index is 0.0225. The van der Waals surface area contributed by atoms with E-state index in [2.05, 4.69) is 47.6 Å². The third-order valence-corrected chi connectivity index (χ3v) is 5.32. The monoisotopic (exact) mass is 397 g/mol. The summed E-state index contributed by atoms with van der Waals surface area (Å²) in [6.07, 6.45) is 0. The number of aromatic nitrogens is 4. The zero-order valence-corrected chi connectivity index (χ0v) is 17.2. The predicted molar refractivity (Wildman–Crippen MR) is 109 cm³/mol. The van der Waals surface area contributed by atoms with Gasteiger partial charge in [0.1, 0.15) is 5.75 Å². The summed E-state index contributed by atoms with van der Waals surface area (Å²) in [4.78, 5) is 14.3. The largest absolute Gasteiger partial charge is 0.497 e. The van der Waals surface area contributed by atoms with E-state index in [0.29, 0.717) is 11.7 Å². The van der Waals surface area contributed by atoms with Crippen molar-refractivity contribution in [3.05, 3.63) is 59.2 Å². The van der Waals surface area contributed by atoms with Crippen molar-refractivity contribution in [2.75, 3.05) is 19.9 Å². The van der Waals surface area contributed by atoms with Crippen LogP contribution in [0.15, 0.2) is 47.6 Å². The summed E-state index contributed by atoms with van der Waals surface area (Å²) in [5, 5.41) is 12.4. The molecule has 0 aliphatic carbocycles. The fourth-order valence-corrected chi connectivity index (χ4v) is 3.59. The second-order valence-corrected chi connectivity index (χ2v) is 7.48. The number of thioether (sulfide) groups is 1. The van der Waals surface area contributed by atoms with Crippen LogP contribution in [0.2, 0.25) is 0 Å². The van der Waals surface area contributed by atoms with Crippen LogP contribution in [0.4, 0.5) is 0 Å². The SMILES string of the molecule is COc1ccc(-n2nnnc2SCC(=O)N(C)Cc2ccc(C)cc2C)cc1. The van der Waals surface area contributed by atoms with E-state index in [1.165, 1.54) is 22.9 Å². The molecule has 0 unspecified atom stereocenters. The lowest BCUT2D eigenvalue weighted by Crippen LogP contribution is -2.28. The van der Waals surface area contributed by atoms with Crippen LogP contribution in [0.25, 0.3) is 5.69 Å². The summed E-state index contributed by atoms with van der Waals surface area (Å²) in [7, 11) is 3.43. The van der Waals surface area contributed by atoms with Gasteiger partial charge in [0, 0.05) is 13.6 Å². The molecule has 2 aromatic carbocycles. The molecule has 0 radical (unpaired) electrons. The molecule has 0 atom stereocenters. The van der Waals surface area contributed by atoms with Gasteiger partial charge in [0.05, 0.1) is 18.6 Å². The number of rotatable bonds is 7. The van der Waals surface area contributed by atoms with Crippen LogP contribution in [0.5, 0.6) is 5.75 Å². The van der Waals surface area contributed by atoms with Gasteiger partial charge in [0.2, 0.25) is 11.1 Å². The summed E-state index contributed by atoms with van der Waals surface area (Å²) < 4.78 is 6.78. The molecule has 1 amide bonds. The van der Waals surface area contributed by atoms with Crippen LogP contribution >= 0.6 is 11.8 Å². The Morgan fingerprint density at radius 3 is 2.61 bits per heavy atom. The maximum atomic E-state index is 12.6. The summed E-state index contributed by atoms with van der Waals surface area (Å²) in [5.74, 6) is 1.04. The van der Waals surface area contributed by atoms with Gasteiger partial charge in [-0.3, -0.25) is 4.79 Å². The Bertz CT molecular complexity index is 955. The average molecular weight is 398 g/mol. The number of carbonyl (C=O) groups is 1. The van der Waals surface area contributed by atoms with Crippen molar-refractivity contribution in [2.45, 2.75) is 25.5 Å². The van der Waals surface area contributed by atoms with Crippen molar-refractivity contribution in [2.24, 2.45) is 0 Å². The number of tetrazole rings is 1. The molecule has 0 saturated carbocycles. The van der Waals surface area contributed by atoms with Crippen molar-refractivity contribution >= 4 is 17.7 Å². The molecule has 0 saturated heterocycles. The first-order valence-corrected chi connectivity index (χ1v) is 9.82. The first-order chi connectivity index (χ1) is 13.5. The maximum absolute atomic E-state index is 12.6. The van der Waals surface area contributed by atoms with Gasteiger partial charge < -0.3 is 9.64 Å². The Balaban J connectivity index is 1.62. The van der Waals surface area contributed by atoms with Crippen molar-refractivity contribution < 1.29 is 9.53 Å². The van der Waals surface area contributed by atoms with E-state index in [1.807, 2.05) is 31.3 Å². The molecule has 0 fully saturated rings. The second-order valence-electron chi connectivity index (χ2n) is 6.54. The number of amides is 1. The van der Waals surface area contributed by atoms with Crippen LogP contribution < -0.4 is 4.74 Å². The van der Waals surface area contributed by atoms with E-state index in [9.17, 15) is 4.79 Å². The van der Waals surface area contributed by atoms with Gasteiger partial charge in [-0.15, -0.1) is 5.10 Å². The summed E-state index contributed by atoms with van der Waals surface area (Å²) in [5.41, 5.74) is 4.37. The first-order valence-electron chi connectivity index (χ1n) is 8.83. The number of hydrogen-bond donors (Lipinski definition) is 0. The van der Waals surface area contributed by atoms with Crippen LogP contribution in [0.1, 0.15) is 16.7 Å². The Morgan fingerprint density at radius 2 is 1.93 bits per heavy atom. The smallest absolute Gasteiger partial charge is 0.233 e. The number of aryl methyl sites for hydroxylation is 2. The van der Waals surface area contributed by atoms with E-state index < -0.39 is 0 Å². The standard InChI is InChI=1S/C20H23N5O2S/c1-14-5-6-16(15(2)11-14)12-24(3)19(26)13-28-20-21-22-23-25(20)17-7-9-18(27-4)10-8-17/h5-11H,12-13H2,1-4H3. The van der Waals surface area contributed by atoms with Crippen LogP contribution in [0, 0.1) is 13.8 Å². The number of carbonyl (C=O) groups excluding carboxylic acids is 1. The third-order valence-electron chi connectivity index (χ3n) is 4.41. The second kappa shape index (κ2) is 8.88. The maximum Gasteiger partial charge on any atom is 0.233 e. The van der Waals surface area contributed by atoms with Gasteiger partial charge in [-0.1, -0.05) is 35.5 Å². The molecule has 0 aliphatic rings. The molecule has 1 heterocycles. The van der Waals surface area contributed by atoms with E-state index >= 15 is 0 Å². The van der Waals surface area contributed by atoms with Crippen LogP contribution in [-0.2, 0) is 11.3 Å². The third kappa shape index (κ3) is 4.69. The van der Waals surface area contributed by atoms with Gasteiger partial charge >= 0.3 is 0 Å². The van der Waals surface area contributed by atoms with E-state index in [4.69, 9.17) is 4.74 Å². The minimum Gasteiger partial charge on any atom is -0.497 e. The molecule has 0 bridgehead atoms. The summed E-state index contributed by atoms with van der Waals surface area (Å²) in [6.45, 7) is 4.71. The van der Waals surface area contributed by atoms with Gasteiger partial charge in [-0.05, 0) is 59.7 Å². The topological polar surface area (TPSA) is 73.1 Å². The molecule has 3 rings (SSSR count). The number of hydrogen-bond acceptors (Lipinski definition) is 6. The lowest BCUT2D eigenvalue weighted by molar-refractivity contribution is -0.127. The Kier molecular flexibility index (Phi) is 6.30. The zero-order chi connectivity index (χ0) is 20.1. The fraction of sp³-hybridized carbons (Fsp3) is 0.300. The molecule has 8 heteroatoms.